The summed E-state index contributed by atoms with van der Waals surface area (Å²) in [4.78, 5) is 15.1. The van der Waals surface area contributed by atoms with Gasteiger partial charge < -0.3 is 10.6 Å². The van der Waals surface area contributed by atoms with Crippen molar-refractivity contribution in [2.24, 2.45) is 18.2 Å². The molecule has 1 unspecified atom stereocenters. The Bertz CT molecular complexity index is 572. The zero-order valence-corrected chi connectivity index (χ0v) is 14.7. The van der Waals surface area contributed by atoms with E-state index in [-0.39, 0.29) is 17.4 Å². The number of piperidine rings is 1. The Morgan fingerprint density at radius 3 is 2.61 bits per heavy atom. The molecule has 1 aromatic rings. The molecule has 1 aliphatic carbocycles. The summed E-state index contributed by atoms with van der Waals surface area (Å²) in [5.74, 6) is 0.586. The summed E-state index contributed by atoms with van der Waals surface area (Å²) in [5, 5.41) is 4.65. The second kappa shape index (κ2) is 6.27. The van der Waals surface area contributed by atoms with Crippen LogP contribution in [0.25, 0.3) is 0 Å². The van der Waals surface area contributed by atoms with Crippen LogP contribution in [0.15, 0.2) is 6.20 Å². The van der Waals surface area contributed by atoms with Gasteiger partial charge in [0.2, 0.25) is 0 Å². The van der Waals surface area contributed by atoms with E-state index in [4.69, 9.17) is 5.73 Å². The molecule has 1 saturated carbocycles. The molecule has 5 heteroatoms. The van der Waals surface area contributed by atoms with Crippen LogP contribution in [0.4, 0.5) is 0 Å². The van der Waals surface area contributed by atoms with Gasteiger partial charge in [0.25, 0.3) is 5.91 Å². The topological polar surface area (TPSA) is 64.2 Å². The van der Waals surface area contributed by atoms with Crippen molar-refractivity contribution in [2.45, 2.75) is 64.3 Å². The number of aryl methyl sites for hydroxylation is 1. The Morgan fingerprint density at radius 1 is 1.26 bits per heavy atom. The van der Waals surface area contributed by atoms with E-state index in [0.29, 0.717) is 5.92 Å². The first-order chi connectivity index (χ1) is 10.9. The molecule has 0 radical (unpaired) electrons. The number of carbonyl (C=O) groups is 1. The van der Waals surface area contributed by atoms with Crippen LogP contribution in [0.1, 0.15) is 74.3 Å². The van der Waals surface area contributed by atoms with Crippen LogP contribution in [0, 0.1) is 5.41 Å². The zero-order chi connectivity index (χ0) is 16.6. The largest absolute Gasteiger partial charge is 0.338 e. The number of hydrogen-bond acceptors (Lipinski definition) is 3. The zero-order valence-electron chi connectivity index (χ0n) is 14.7. The van der Waals surface area contributed by atoms with Gasteiger partial charge in [0.05, 0.1) is 11.3 Å². The Kier molecular flexibility index (Phi) is 4.50. The van der Waals surface area contributed by atoms with Gasteiger partial charge in [0, 0.05) is 38.3 Å². The summed E-state index contributed by atoms with van der Waals surface area (Å²) in [5.41, 5.74) is 8.01. The second-order valence-electron chi connectivity index (χ2n) is 8.05. The fourth-order valence-corrected chi connectivity index (χ4v) is 4.07. The number of hydrogen-bond donors (Lipinski definition) is 1. The number of carbonyl (C=O) groups excluding carboxylic acids is 1. The van der Waals surface area contributed by atoms with Crippen LogP contribution in [0.3, 0.4) is 0 Å². The lowest BCUT2D eigenvalue weighted by Crippen LogP contribution is -2.54. The molecule has 2 heterocycles. The molecule has 23 heavy (non-hydrogen) atoms. The molecule has 0 spiro atoms. The quantitative estimate of drug-likeness (QED) is 0.912. The monoisotopic (exact) mass is 318 g/mol. The van der Waals surface area contributed by atoms with Crippen molar-refractivity contribution < 1.29 is 4.79 Å². The highest BCUT2D eigenvalue weighted by atomic mass is 16.2. The van der Waals surface area contributed by atoms with Crippen molar-refractivity contribution in [1.82, 2.24) is 14.7 Å². The number of rotatable bonds is 2. The van der Waals surface area contributed by atoms with Crippen molar-refractivity contribution in [3.05, 3.63) is 17.5 Å². The molecular formula is C18H30N4O. The van der Waals surface area contributed by atoms with E-state index in [2.05, 4.69) is 18.9 Å². The maximum atomic E-state index is 13.1. The molecule has 1 aromatic heterocycles. The number of aromatic nitrogens is 2. The van der Waals surface area contributed by atoms with Crippen molar-refractivity contribution in [2.75, 3.05) is 13.1 Å². The van der Waals surface area contributed by atoms with Crippen LogP contribution in [-0.2, 0) is 7.05 Å². The summed E-state index contributed by atoms with van der Waals surface area (Å²) in [6, 6.07) is 0.165. The first-order valence-electron chi connectivity index (χ1n) is 8.97. The maximum Gasteiger partial charge on any atom is 0.257 e. The van der Waals surface area contributed by atoms with Crippen LogP contribution in [0.2, 0.25) is 0 Å². The third kappa shape index (κ3) is 3.30. The molecule has 0 aromatic carbocycles. The minimum atomic E-state index is -0.0267. The lowest BCUT2D eigenvalue weighted by Gasteiger charge is -2.42. The molecular weight excluding hydrogens is 288 g/mol. The first kappa shape index (κ1) is 16.5. The maximum absolute atomic E-state index is 13.1. The van der Waals surface area contributed by atoms with E-state index in [9.17, 15) is 4.79 Å². The van der Waals surface area contributed by atoms with Crippen LogP contribution < -0.4 is 5.73 Å². The summed E-state index contributed by atoms with van der Waals surface area (Å²) in [7, 11) is 1.92. The normalized spacial score (nSPS) is 25.6. The fourth-order valence-electron chi connectivity index (χ4n) is 4.07. The van der Waals surface area contributed by atoms with Crippen molar-refractivity contribution in [3.8, 4) is 0 Å². The van der Waals surface area contributed by atoms with E-state index >= 15 is 0 Å². The van der Waals surface area contributed by atoms with Gasteiger partial charge >= 0.3 is 0 Å². The lowest BCUT2D eigenvalue weighted by atomic mass is 9.79. The minimum absolute atomic E-state index is 0.0267. The van der Waals surface area contributed by atoms with E-state index in [0.717, 1.165) is 43.6 Å². The number of nitrogens with two attached hydrogens (primary N) is 1. The average molecular weight is 318 g/mol. The molecule has 1 amide bonds. The standard InChI is InChI=1S/C18H30N4O/c1-18(2)12-22(10-9-15(18)19)17(23)14-11-21(3)20-16(14)13-7-5-4-6-8-13/h11,13,15H,4-10,12,19H2,1-3H3. The highest BCUT2D eigenvalue weighted by Crippen LogP contribution is 2.35. The van der Waals surface area contributed by atoms with Gasteiger partial charge in [-0.3, -0.25) is 9.48 Å². The summed E-state index contributed by atoms with van der Waals surface area (Å²) < 4.78 is 1.80. The molecule has 0 bridgehead atoms. The van der Waals surface area contributed by atoms with Gasteiger partial charge in [-0.1, -0.05) is 33.1 Å². The lowest BCUT2D eigenvalue weighted by molar-refractivity contribution is 0.0531. The van der Waals surface area contributed by atoms with Crippen LogP contribution in [0.5, 0.6) is 0 Å². The van der Waals surface area contributed by atoms with E-state index in [1.807, 2.05) is 18.1 Å². The summed E-state index contributed by atoms with van der Waals surface area (Å²) in [6.45, 7) is 5.79. The highest BCUT2D eigenvalue weighted by molar-refractivity contribution is 5.95. The van der Waals surface area contributed by atoms with Gasteiger partial charge in [-0.25, -0.2) is 0 Å². The highest BCUT2D eigenvalue weighted by Gasteiger charge is 2.37. The van der Waals surface area contributed by atoms with Crippen molar-refractivity contribution in [3.63, 3.8) is 0 Å². The second-order valence-corrected chi connectivity index (χ2v) is 8.05. The predicted molar refractivity (Wildman–Crippen MR) is 91.3 cm³/mol. The molecule has 2 aliphatic rings. The van der Waals surface area contributed by atoms with Crippen molar-refractivity contribution >= 4 is 5.91 Å². The summed E-state index contributed by atoms with van der Waals surface area (Å²) in [6.07, 6.45) is 8.92. The fraction of sp³-hybridized carbons (Fsp3) is 0.778. The van der Waals surface area contributed by atoms with Gasteiger partial charge in [0.15, 0.2) is 0 Å². The van der Waals surface area contributed by atoms with Crippen molar-refractivity contribution in [1.29, 1.82) is 0 Å². The van der Waals surface area contributed by atoms with Gasteiger partial charge in [-0.15, -0.1) is 0 Å². The SMILES string of the molecule is Cn1cc(C(=O)N2CCC(N)C(C)(C)C2)c(C2CCCCC2)n1. The van der Waals surface area contributed by atoms with E-state index < -0.39 is 0 Å². The Labute approximate surface area is 139 Å². The number of likely N-dealkylation sites (tertiary alicyclic amines) is 1. The average Bonchev–Trinajstić information content (AvgIpc) is 2.92. The molecule has 1 saturated heterocycles. The molecule has 1 atom stereocenters. The molecule has 5 nitrogen and oxygen atoms in total. The number of amides is 1. The molecule has 1 aliphatic heterocycles. The Morgan fingerprint density at radius 2 is 1.96 bits per heavy atom. The predicted octanol–water partition coefficient (Wildman–Crippen LogP) is 2.67. The van der Waals surface area contributed by atoms with Gasteiger partial charge in [-0.05, 0) is 24.7 Å². The Balaban J connectivity index is 1.82. The van der Waals surface area contributed by atoms with Crippen LogP contribution in [-0.4, -0.2) is 39.7 Å². The van der Waals surface area contributed by atoms with Gasteiger partial charge in [0.1, 0.15) is 0 Å². The summed E-state index contributed by atoms with van der Waals surface area (Å²) >= 11 is 0. The third-order valence-electron chi connectivity index (χ3n) is 5.68. The molecule has 2 fully saturated rings. The Hall–Kier alpha value is -1.36. The van der Waals surface area contributed by atoms with Crippen LogP contribution >= 0.6 is 0 Å². The first-order valence-corrected chi connectivity index (χ1v) is 8.97. The number of nitrogens with zero attached hydrogens (tertiary/aromatic N) is 3. The smallest absolute Gasteiger partial charge is 0.257 e. The van der Waals surface area contributed by atoms with E-state index in [1.165, 1.54) is 19.3 Å². The minimum Gasteiger partial charge on any atom is -0.338 e. The molecule has 2 N–H and O–H groups in total. The van der Waals surface area contributed by atoms with Gasteiger partial charge in [-0.2, -0.15) is 5.10 Å². The third-order valence-corrected chi connectivity index (χ3v) is 5.68. The van der Waals surface area contributed by atoms with E-state index in [1.54, 1.807) is 4.68 Å². The molecule has 128 valence electrons. The molecule has 3 rings (SSSR count).